The van der Waals surface area contributed by atoms with Crippen LogP contribution >= 0.6 is 46.2 Å². The van der Waals surface area contributed by atoms with Crippen molar-refractivity contribution >= 4 is 91.0 Å². The highest BCUT2D eigenvalue weighted by Crippen LogP contribution is 2.48. The van der Waals surface area contributed by atoms with Crippen molar-refractivity contribution in [1.82, 2.24) is 20.2 Å². The molecule has 17 heteroatoms. The summed E-state index contributed by atoms with van der Waals surface area (Å²) in [5.41, 5.74) is 5.83. The number of β-lactam (4-membered cyclic amide) rings is 1. The van der Waals surface area contributed by atoms with E-state index in [1.807, 2.05) is 24.3 Å². The number of oxime groups is 1. The van der Waals surface area contributed by atoms with Gasteiger partial charge in [0.05, 0.1) is 15.6 Å². The molecular formula is C26H28N6O7S4. The van der Waals surface area contributed by atoms with Crippen LogP contribution in [0.25, 0.3) is 10.2 Å². The third-order valence-electron chi connectivity index (χ3n) is 6.42. The summed E-state index contributed by atoms with van der Waals surface area (Å²) in [4.78, 5) is 67.3. The van der Waals surface area contributed by atoms with Crippen LogP contribution in [0.3, 0.4) is 0 Å². The second-order valence-corrected chi connectivity index (χ2v) is 15.2. The monoisotopic (exact) mass is 664 g/mol. The molecule has 13 nitrogen and oxygen atoms in total. The van der Waals surface area contributed by atoms with Gasteiger partial charge < -0.3 is 30.3 Å². The fraction of sp³-hybridized carbons (Fsp3) is 0.423. The van der Waals surface area contributed by atoms with Crippen LogP contribution in [0.15, 0.2) is 39.1 Å². The lowest BCUT2D eigenvalue weighted by atomic mass is 9.98. The lowest BCUT2D eigenvalue weighted by Gasteiger charge is -2.53. The van der Waals surface area contributed by atoms with Crippen molar-refractivity contribution in [2.24, 2.45) is 10.6 Å². The number of amides is 2. The molecule has 4 heterocycles. The predicted molar refractivity (Wildman–Crippen MR) is 165 cm³/mol. The SMILES string of the molecule is CON=C(C(=O)NC1C(=O)N2CC(Sc3nc4ccccc4s3)(C(=O)OCOC(=O)C(C)(C)C)CS[C@H]12)c1csc(N)n1. The van der Waals surface area contributed by atoms with Gasteiger partial charge in [0.25, 0.3) is 5.91 Å². The second kappa shape index (κ2) is 12.3. The number of rotatable bonds is 9. The maximum Gasteiger partial charge on any atom is 0.328 e. The predicted octanol–water partition coefficient (Wildman–Crippen LogP) is 2.71. The van der Waals surface area contributed by atoms with Gasteiger partial charge >= 0.3 is 11.9 Å². The topological polar surface area (TPSA) is 175 Å². The number of carbonyl (C=O) groups excluding carboxylic acids is 4. The maximum absolute atomic E-state index is 13.6. The number of thiazole rings is 2. The standard InChI is InChI=1S/C26H28N6O7S4/c1-25(2,3)21(35)38-12-39-22(36)26(43-24-29-13-7-5-6-8-15(13)42-24)10-32-19(34)17(20(32)41-11-26)30-18(33)16(31-37-4)14-9-40-23(27)28-14/h5-9,17,20H,10-12H2,1-4H3,(H2,27,28)(H,30,33)/t17?,20-,26?/m1/s1. The first-order valence-corrected chi connectivity index (χ1v) is 16.4. The molecule has 2 unspecified atom stereocenters. The molecule has 5 rings (SSSR count). The van der Waals surface area contributed by atoms with Crippen LogP contribution in [-0.4, -0.2) is 86.7 Å². The Kier molecular flexibility index (Phi) is 8.87. The van der Waals surface area contributed by atoms with Crippen molar-refractivity contribution in [3.05, 3.63) is 35.3 Å². The summed E-state index contributed by atoms with van der Waals surface area (Å²) in [5, 5.41) is 7.87. The number of benzene rings is 1. The summed E-state index contributed by atoms with van der Waals surface area (Å²) in [6.07, 6.45) is 0. The smallest absolute Gasteiger partial charge is 0.328 e. The van der Waals surface area contributed by atoms with Crippen LogP contribution in [0.1, 0.15) is 26.5 Å². The number of nitrogens with zero attached hydrogens (tertiary/aromatic N) is 4. The van der Waals surface area contributed by atoms with Gasteiger partial charge in [-0.15, -0.1) is 34.4 Å². The molecular weight excluding hydrogens is 637 g/mol. The molecule has 3 aromatic rings. The zero-order chi connectivity index (χ0) is 30.9. The number of aromatic nitrogens is 2. The van der Waals surface area contributed by atoms with E-state index in [1.165, 1.54) is 46.9 Å². The van der Waals surface area contributed by atoms with E-state index in [-0.39, 0.29) is 34.7 Å². The highest BCUT2D eigenvalue weighted by Gasteiger charge is 2.59. The van der Waals surface area contributed by atoms with E-state index in [2.05, 4.69) is 20.4 Å². The number of esters is 2. The van der Waals surface area contributed by atoms with Gasteiger partial charge in [0.15, 0.2) is 15.2 Å². The summed E-state index contributed by atoms with van der Waals surface area (Å²) in [5.74, 6) is -1.94. The molecule has 0 bridgehead atoms. The molecule has 3 N–H and O–H groups in total. The van der Waals surface area contributed by atoms with Crippen molar-refractivity contribution in [2.45, 2.75) is 41.3 Å². The number of nitrogens with two attached hydrogens (primary N) is 1. The van der Waals surface area contributed by atoms with E-state index in [9.17, 15) is 19.2 Å². The van der Waals surface area contributed by atoms with Gasteiger partial charge in [-0.25, -0.2) is 9.97 Å². The first-order valence-electron chi connectivity index (χ1n) is 12.9. The third kappa shape index (κ3) is 6.44. The number of nitrogens with one attached hydrogen (secondary N) is 1. The zero-order valence-corrected chi connectivity index (χ0v) is 26.8. The zero-order valence-electron chi connectivity index (χ0n) is 23.5. The van der Waals surface area contributed by atoms with Crippen molar-refractivity contribution in [3.8, 4) is 0 Å². The number of thioether (sulfide) groups is 2. The molecule has 2 amide bonds. The molecule has 0 radical (unpaired) electrons. The first-order chi connectivity index (χ1) is 20.4. The summed E-state index contributed by atoms with van der Waals surface area (Å²) in [7, 11) is 1.29. The summed E-state index contributed by atoms with van der Waals surface area (Å²) >= 11 is 5.11. The average molecular weight is 665 g/mol. The Balaban J connectivity index is 1.32. The molecule has 2 aromatic heterocycles. The molecule has 2 aliphatic heterocycles. The van der Waals surface area contributed by atoms with E-state index >= 15 is 0 Å². The minimum absolute atomic E-state index is 0.00412. The van der Waals surface area contributed by atoms with Gasteiger partial charge in [-0.2, -0.15) is 0 Å². The molecule has 2 fully saturated rings. The Morgan fingerprint density at radius 3 is 2.67 bits per heavy atom. The highest BCUT2D eigenvalue weighted by atomic mass is 32.2. The number of hydrogen-bond acceptors (Lipinski definition) is 15. The van der Waals surface area contributed by atoms with Gasteiger partial charge in [0.2, 0.25) is 12.7 Å². The third-order valence-corrected chi connectivity index (χ3v) is 11.2. The fourth-order valence-corrected chi connectivity index (χ4v) is 9.03. The molecule has 0 saturated carbocycles. The van der Waals surface area contributed by atoms with Gasteiger partial charge in [-0.05, 0) is 32.9 Å². The average Bonchev–Trinajstić information content (AvgIpc) is 3.58. The Morgan fingerprint density at radius 2 is 2.00 bits per heavy atom. The van der Waals surface area contributed by atoms with Crippen LogP contribution < -0.4 is 11.1 Å². The highest BCUT2D eigenvalue weighted by molar-refractivity contribution is 8.06. The van der Waals surface area contributed by atoms with Crippen LogP contribution in [0.5, 0.6) is 0 Å². The van der Waals surface area contributed by atoms with Gasteiger partial charge in [-0.3, -0.25) is 19.2 Å². The molecule has 1 aromatic carbocycles. The van der Waals surface area contributed by atoms with E-state index in [0.717, 1.165) is 21.6 Å². The number of nitrogen functional groups attached to an aromatic ring is 1. The summed E-state index contributed by atoms with van der Waals surface area (Å²) < 4.78 is 10.9. The second-order valence-electron chi connectivity index (χ2n) is 10.6. The largest absolute Gasteiger partial charge is 0.427 e. The van der Waals surface area contributed by atoms with Crippen LogP contribution in [0.2, 0.25) is 0 Å². The summed E-state index contributed by atoms with van der Waals surface area (Å²) in [6, 6.07) is 6.75. The van der Waals surface area contributed by atoms with Crippen molar-refractivity contribution in [3.63, 3.8) is 0 Å². The Morgan fingerprint density at radius 1 is 1.23 bits per heavy atom. The minimum atomic E-state index is -1.24. The fourth-order valence-electron chi connectivity index (χ4n) is 4.23. The molecule has 3 atom stereocenters. The van der Waals surface area contributed by atoms with Crippen LogP contribution in [0, 0.1) is 5.41 Å². The quantitative estimate of drug-likeness (QED) is 0.113. The van der Waals surface area contributed by atoms with E-state index in [4.69, 9.17) is 20.0 Å². The molecule has 0 spiro atoms. The minimum Gasteiger partial charge on any atom is -0.427 e. The van der Waals surface area contributed by atoms with E-state index in [0.29, 0.717) is 4.34 Å². The van der Waals surface area contributed by atoms with Gasteiger partial charge in [-0.1, -0.05) is 29.1 Å². The number of carbonyl (C=O) groups is 4. The van der Waals surface area contributed by atoms with E-state index < -0.39 is 46.2 Å². The van der Waals surface area contributed by atoms with Crippen LogP contribution in [0.4, 0.5) is 5.13 Å². The number of ether oxygens (including phenoxy) is 2. The number of para-hydroxylation sites is 1. The maximum atomic E-state index is 13.6. The summed E-state index contributed by atoms with van der Waals surface area (Å²) in [6.45, 7) is 4.53. The van der Waals surface area contributed by atoms with Gasteiger partial charge in [0.1, 0.15) is 29.0 Å². The van der Waals surface area contributed by atoms with Crippen molar-refractivity contribution in [2.75, 3.05) is 31.9 Å². The molecule has 43 heavy (non-hydrogen) atoms. The van der Waals surface area contributed by atoms with Crippen molar-refractivity contribution in [1.29, 1.82) is 0 Å². The number of hydrogen-bond donors (Lipinski definition) is 2. The van der Waals surface area contributed by atoms with Crippen LogP contribution in [-0.2, 0) is 33.5 Å². The van der Waals surface area contributed by atoms with E-state index in [1.54, 1.807) is 26.2 Å². The first kappa shape index (κ1) is 31.0. The van der Waals surface area contributed by atoms with Crippen molar-refractivity contribution < 1.29 is 33.5 Å². The molecule has 0 aliphatic carbocycles. The Hall–Kier alpha value is -3.41. The normalized spacial score (nSPS) is 22.0. The Labute approximate surface area is 262 Å². The number of fused-ring (bicyclic) bond motifs is 2. The Bertz CT molecular complexity index is 1570. The van der Waals surface area contributed by atoms with Gasteiger partial charge in [0, 0.05) is 17.7 Å². The number of anilines is 1. The molecule has 228 valence electrons. The molecule has 2 aliphatic rings. The molecule has 2 saturated heterocycles. The lowest BCUT2D eigenvalue weighted by molar-refractivity contribution is -0.175. The lowest BCUT2D eigenvalue weighted by Crippen LogP contribution is -2.75.